The topological polar surface area (TPSA) is 29.3 Å². The summed E-state index contributed by atoms with van der Waals surface area (Å²) >= 11 is 0. The Balaban J connectivity index is 1.44. The first-order valence-electron chi connectivity index (χ1n) is 8.31. The van der Waals surface area contributed by atoms with Gasteiger partial charge < -0.3 is 5.73 Å². The molecule has 5 atom stereocenters. The molecule has 4 rings (SSSR count). The van der Waals surface area contributed by atoms with Gasteiger partial charge in [-0.2, -0.15) is 0 Å². The molecular weight excluding hydrogens is 220 g/mol. The van der Waals surface area contributed by atoms with Crippen molar-refractivity contribution < 1.29 is 0 Å². The fourth-order valence-corrected chi connectivity index (χ4v) is 5.69. The number of piperidine rings is 2. The van der Waals surface area contributed by atoms with Gasteiger partial charge in [-0.05, 0) is 62.7 Å². The summed E-state index contributed by atoms with van der Waals surface area (Å²) in [7, 11) is 0. The Labute approximate surface area is 111 Å². The molecule has 2 N–H and O–H groups in total. The number of nitrogens with zero attached hydrogens (tertiary/aromatic N) is 1. The lowest BCUT2D eigenvalue weighted by molar-refractivity contribution is 0.0113. The van der Waals surface area contributed by atoms with Gasteiger partial charge in [-0.25, -0.2) is 0 Å². The largest absolute Gasteiger partial charge is 0.328 e. The van der Waals surface area contributed by atoms with E-state index < -0.39 is 0 Å². The minimum Gasteiger partial charge on any atom is -0.328 e. The highest BCUT2D eigenvalue weighted by Gasteiger charge is 2.43. The molecule has 2 heteroatoms. The third-order valence-electron chi connectivity index (χ3n) is 6.49. The summed E-state index contributed by atoms with van der Waals surface area (Å²) in [5.41, 5.74) is 6.23. The van der Waals surface area contributed by atoms with Crippen LogP contribution < -0.4 is 5.73 Å². The van der Waals surface area contributed by atoms with Crippen molar-refractivity contribution in [1.29, 1.82) is 0 Å². The van der Waals surface area contributed by atoms with Gasteiger partial charge >= 0.3 is 0 Å². The molecule has 102 valence electrons. The molecule has 0 aromatic carbocycles. The summed E-state index contributed by atoms with van der Waals surface area (Å²) in [5.74, 6) is 3.24. The zero-order valence-corrected chi connectivity index (χ0v) is 11.6. The van der Waals surface area contributed by atoms with Gasteiger partial charge in [0.1, 0.15) is 0 Å². The van der Waals surface area contributed by atoms with E-state index in [4.69, 9.17) is 5.73 Å². The highest BCUT2D eigenvalue weighted by Crippen LogP contribution is 2.49. The standard InChI is InChI=1S/C16H28N2/c17-14-8-15-2-1-3-16(9-14)18(15)10-13-7-11-4-5-12(13)6-11/h11-16H,1-10,17H2. The monoisotopic (exact) mass is 248 g/mol. The number of hydrogen-bond acceptors (Lipinski definition) is 2. The average molecular weight is 248 g/mol. The molecule has 0 radical (unpaired) electrons. The van der Waals surface area contributed by atoms with E-state index in [-0.39, 0.29) is 0 Å². The van der Waals surface area contributed by atoms with Crippen LogP contribution >= 0.6 is 0 Å². The minimum absolute atomic E-state index is 0.497. The summed E-state index contributed by atoms with van der Waals surface area (Å²) in [6.07, 6.45) is 13.0. The Morgan fingerprint density at radius 3 is 2.28 bits per heavy atom. The van der Waals surface area contributed by atoms with Crippen LogP contribution in [-0.4, -0.2) is 29.6 Å². The predicted octanol–water partition coefficient (Wildman–Crippen LogP) is 2.77. The number of nitrogens with two attached hydrogens (primary N) is 1. The molecule has 0 aromatic rings. The molecule has 0 spiro atoms. The molecule has 18 heavy (non-hydrogen) atoms. The second kappa shape index (κ2) is 4.49. The quantitative estimate of drug-likeness (QED) is 0.814. The van der Waals surface area contributed by atoms with Gasteiger partial charge in [0.05, 0.1) is 0 Å². The van der Waals surface area contributed by atoms with Gasteiger partial charge in [-0.15, -0.1) is 0 Å². The third kappa shape index (κ3) is 1.92. The first kappa shape index (κ1) is 11.7. The number of rotatable bonds is 2. The smallest absolute Gasteiger partial charge is 0.0113 e. The van der Waals surface area contributed by atoms with Crippen molar-refractivity contribution in [3.05, 3.63) is 0 Å². The maximum Gasteiger partial charge on any atom is 0.0113 e. The van der Waals surface area contributed by atoms with Crippen LogP contribution in [0.25, 0.3) is 0 Å². The van der Waals surface area contributed by atoms with Crippen molar-refractivity contribution in [2.45, 2.75) is 75.9 Å². The molecule has 2 heterocycles. The maximum absolute atomic E-state index is 6.23. The van der Waals surface area contributed by atoms with Crippen LogP contribution in [0.4, 0.5) is 0 Å². The molecule has 2 aliphatic carbocycles. The van der Waals surface area contributed by atoms with Gasteiger partial charge in [-0.3, -0.25) is 4.90 Å². The van der Waals surface area contributed by atoms with Crippen molar-refractivity contribution in [2.24, 2.45) is 23.5 Å². The number of hydrogen-bond donors (Lipinski definition) is 1. The van der Waals surface area contributed by atoms with Gasteiger partial charge in [0.2, 0.25) is 0 Å². The van der Waals surface area contributed by atoms with E-state index in [0.717, 1.165) is 29.8 Å². The first-order valence-corrected chi connectivity index (χ1v) is 8.31. The molecule has 4 fully saturated rings. The van der Waals surface area contributed by atoms with Gasteiger partial charge in [0.25, 0.3) is 0 Å². The van der Waals surface area contributed by atoms with Crippen molar-refractivity contribution in [1.82, 2.24) is 4.90 Å². The number of fused-ring (bicyclic) bond motifs is 4. The summed E-state index contributed by atoms with van der Waals surface area (Å²) < 4.78 is 0. The fraction of sp³-hybridized carbons (Fsp3) is 1.00. The molecule has 2 nitrogen and oxygen atoms in total. The molecule has 2 aliphatic heterocycles. The minimum atomic E-state index is 0.497. The van der Waals surface area contributed by atoms with E-state index >= 15 is 0 Å². The molecule has 4 aliphatic rings. The zero-order chi connectivity index (χ0) is 12.1. The molecule has 0 amide bonds. The highest BCUT2D eigenvalue weighted by atomic mass is 15.2. The van der Waals surface area contributed by atoms with Crippen LogP contribution in [0.3, 0.4) is 0 Å². The normalized spacial score (nSPS) is 51.8. The third-order valence-corrected chi connectivity index (χ3v) is 6.49. The van der Waals surface area contributed by atoms with Crippen molar-refractivity contribution in [3.8, 4) is 0 Å². The van der Waals surface area contributed by atoms with Crippen molar-refractivity contribution >= 4 is 0 Å². The lowest BCUT2D eigenvalue weighted by Gasteiger charge is -2.49. The van der Waals surface area contributed by atoms with Crippen LogP contribution in [0.15, 0.2) is 0 Å². The summed E-state index contributed by atoms with van der Waals surface area (Å²) in [4.78, 5) is 2.90. The Hall–Kier alpha value is -0.0800. The Bertz CT molecular complexity index is 302. The second-order valence-electron chi connectivity index (χ2n) is 7.60. The Morgan fingerprint density at radius 1 is 0.889 bits per heavy atom. The second-order valence-corrected chi connectivity index (χ2v) is 7.60. The SMILES string of the molecule is NC1CC2CCCC(C1)N2CC1CC2CCC1C2. The van der Waals surface area contributed by atoms with Gasteiger partial charge in [-0.1, -0.05) is 12.8 Å². The zero-order valence-electron chi connectivity index (χ0n) is 11.6. The van der Waals surface area contributed by atoms with E-state index in [2.05, 4.69) is 4.90 Å². The lowest BCUT2D eigenvalue weighted by Crippen LogP contribution is -2.56. The van der Waals surface area contributed by atoms with Crippen molar-refractivity contribution in [2.75, 3.05) is 6.54 Å². The van der Waals surface area contributed by atoms with Gasteiger partial charge in [0, 0.05) is 24.7 Å². The highest BCUT2D eigenvalue weighted by molar-refractivity contribution is 4.98. The van der Waals surface area contributed by atoms with Crippen LogP contribution in [-0.2, 0) is 0 Å². The molecule has 0 aromatic heterocycles. The van der Waals surface area contributed by atoms with Crippen LogP contribution in [0.1, 0.15) is 57.8 Å². The Kier molecular flexibility index (Phi) is 2.92. The van der Waals surface area contributed by atoms with E-state index in [1.807, 2.05) is 0 Å². The fourth-order valence-electron chi connectivity index (χ4n) is 5.69. The summed E-state index contributed by atoms with van der Waals surface area (Å²) in [6.45, 7) is 1.42. The predicted molar refractivity (Wildman–Crippen MR) is 74.3 cm³/mol. The molecule has 4 bridgehead atoms. The molecular formula is C16H28N2. The molecule has 5 unspecified atom stereocenters. The van der Waals surface area contributed by atoms with E-state index in [9.17, 15) is 0 Å². The van der Waals surface area contributed by atoms with Gasteiger partial charge in [0.15, 0.2) is 0 Å². The lowest BCUT2D eigenvalue weighted by atomic mass is 9.80. The summed E-state index contributed by atoms with van der Waals surface area (Å²) in [5, 5.41) is 0. The average Bonchev–Trinajstić information content (AvgIpc) is 2.92. The van der Waals surface area contributed by atoms with Crippen LogP contribution in [0.5, 0.6) is 0 Å². The summed E-state index contributed by atoms with van der Waals surface area (Å²) in [6, 6.07) is 2.18. The van der Waals surface area contributed by atoms with Crippen molar-refractivity contribution in [3.63, 3.8) is 0 Å². The van der Waals surface area contributed by atoms with E-state index in [1.54, 1.807) is 19.3 Å². The first-order chi connectivity index (χ1) is 8.79. The molecule has 2 saturated heterocycles. The van der Waals surface area contributed by atoms with E-state index in [1.165, 1.54) is 45.1 Å². The van der Waals surface area contributed by atoms with Crippen LogP contribution in [0, 0.1) is 17.8 Å². The maximum atomic E-state index is 6.23. The Morgan fingerprint density at radius 2 is 1.67 bits per heavy atom. The molecule has 2 saturated carbocycles. The van der Waals surface area contributed by atoms with Crippen LogP contribution in [0.2, 0.25) is 0 Å². The van der Waals surface area contributed by atoms with E-state index in [0.29, 0.717) is 6.04 Å².